The third-order valence-corrected chi connectivity index (χ3v) is 4.39. The topological polar surface area (TPSA) is 55.0 Å². The SMILES string of the molecule is NCC1CCN(c2ccc(C3CCCC3)nn2)C1. The average Bonchev–Trinajstić information content (AvgIpc) is 3.10. The summed E-state index contributed by atoms with van der Waals surface area (Å²) in [5, 5.41) is 8.84. The number of nitrogens with zero attached hydrogens (tertiary/aromatic N) is 3. The van der Waals surface area contributed by atoms with Crippen molar-refractivity contribution in [3.63, 3.8) is 0 Å². The first kappa shape index (κ1) is 11.9. The second kappa shape index (κ2) is 5.22. The smallest absolute Gasteiger partial charge is 0.151 e. The zero-order valence-corrected chi connectivity index (χ0v) is 10.9. The molecule has 1 aromatic heterocycles. The van der Waals surface area contributed by atoms with Crippen molar-refractivity contribution in [2.45, 2.75) is 38.0 Å². The highest BCUT2D eigenvalue weighted by Gasteiger charge is 2.23. The van der Waals surface area contributed by atoms with E-state index in [9.17, 15) is 0 Å². The van der Waals surface area contributed by atoms with Gasteiger partial charge in [-0.2, -0.15) is 5.10 Å². The van der Waals surface area contributed by atoms with E-state index in [-0.39, 0.29) is 0 Å². The Labute approximate surface area is 109 Å². The number of aromatic nitrogens is 2. The third kappa shape index (κ3) is 2.34. The van der Waals surface area contributed by atoms with Crippen LogP contribution in [0.3, 0.4) is 0 Å². The van der Waals surface area contributed by atoms with E-state index in [1.807, 2.05) is 0 Å². The Hall–Kier alpha value is -1.16. The molecule has 0 bridgehead atoms. The predicted octanol–water partition coefficient (Wildman–Crippen LogP) is 1.92. The van der Waals surface area contributed by atoms with Crippen molar-refractivity contribution in [2.24, 2.45) is 11.7 Å². The molecule has 1 aliphatic carbocycles. The molecule has 3 rings (SSSR count). The van der Waals surface area contributed by atoms with Crippen LogP contribution < -0.4 is 10.6 Å². The Morgan fingerprint density at radius 1 is 1.17 bits per heavy atom. The van der Waals surface area contributed by atoms with Gasteiger partial charge in [0.05, 0.1) is 5.69 Å². The molecule has 0 radical (unpaired) electrons. The van der Waals surface area contributed by atoms with Crippen molar-refractivity contribution in [1.82, 2.24) is 10.2 Å². The van der Waals surface area contributed by atoms with E-state index in [2.05, 4.69) is 27.2 Å². The fraction of sp³-hybridized carbons (Fsp3) is 0.714. The van der Waals surface area contributed by atoms with E-state index in [1.165, 1.54) is 37.8 Å². The van der Waals surface area contributed by atoms with Gasteiger partial charge in [0.2, 0.25) is 0 Å². The van der Waals surface area contributed by atoms with E-state index in [0.29, 0.717) is 11.8 Å². The molecule has 4 heteroatoms. The predicted molar refractivity (Wildman–Crippen MR) is 72.6 cm³/mol. The molecular formula is C14H22N4. The van der Waals surface area contributed by atoms with Gasteiger partial charge < -0.3 is 10.6 Å². The lowest BCUT2D eigenvalue weighted by Crippen LogP contribution is -2.23. The lowest BCUT2D eigenvalue weighted by Gasteiger charge is -2.17. The van der Waals surface area contributed by atoms with E-state index in [4.69, 9.17) is 5.73 Å². The summed E-state index contributed by atoms with van der Waals surface area (Å²) in [6.07, 6.45) is 6.44. The summed E-state index contributed by atoms with van der Waals surface area (Å²) >= 11 is 0. The molecule has 4 nitrogen and oxygen atoms in total. The van der Waals surface area contributed by atoms with Gasteiger partial charge in [-0.05, 0) is 43.9 Å². The molecule has 2 aliphatic rings. The molecule has 1 saturated heterocycles. The Bertz CT molecular complexity index is 383. The number of nitrogens with two attached hydrogens (primary N) is 1. The van der Waals surface area contributed by atoms with E-state index < -0.39 is 0 Å². The van der Waals surface area contributed by atoms with Crippen LogP contribution in [0.2, 0.25) is 0 Å². The second-order valence-electron chi connectivity index (χ2n) is 5.63. The summed E-state index contributed by atoms with van der Waals surface area (Å²) in [4.78, 5) is 2.31. The van der Waals surface area contributed by atoms with Gasteiger partial charge in [-0.15, -0.1) is 5.10 Å². The largest absolute Gasteiger partial charge is 0.355 e. The molecule has 1 saturated carbocycles. The summed E-state index contributed by atoms with van der Waals surface area (Å²) in [5.74, 6) is 2.30. The van der Waals surface area contributed by atoms with Crippen LogP contribution in [0, 0.1) is 5.92 Å². The number of rotatable bonds is 3. The fourth-order valence-corrected chi connectivity index (χ4v) is 3.18. The maximum atomic E-state index is 5.72. The molecule has 98 valence electrons. The van der Waals surface area contributed by atoms with E-state index in [0.717, 1.165) is 25.5 Å². The first-order valence-corrected chi connectivity index (χ1v) is 7.15. The third-order valence-electron chi connectivity index (χ3n) is 4.39. The van der Waals surface area contributed by atoms with Crippen molar-refractivity contribution in [2.75, 3.05) is 24.5 Å². The number of hydrogen-bond acceptors (Lipinski definition) is 4. The van der Waals surface area contributed by atoms with Crippen LogP contribution in [0.5, 0.6) is 0 Å². The van der Waals surface area contributed by atoms with Gasteiger partial charge >= 0.3 is 0 Å². The monoisotopic (exact) mass is 246 g/mol. The Kier molecular flexibility index (Phi) is 3.46. The van der Waals surface area contributed by atoms with Gasteiger partial charge in [-0.1, -0.05) is 12.8 Å². The van der Waals surface area contributed by atoms with Crippen LogP contribution in [0.1, 0.15) is 43.7 Å². The van der Waals surface area contributed by atoms with Crippen molar-refractivity contribution in [3.05, 3.63) is 17.8 Å². The van der Waals surface area contributed by atoms with Gasteiger partial charge in [0.15, 0.2) is 5.82 Å². The van der Waals surface area contributed by atoms with Gasteiger partial charge in [-0.25, -0.2) is 0 Å². The first-order chi connectivity index (χ1) is 8.86. The van der Waals surface area contributed by atoms with E-state index >= 15 is 0 Å². The maximum absolute atomic E-state index is 5.72. The standard InChI is InChI=1S/C14H22N4/c15-9-11-7-8-18(10-11)14-6-5-13(16-17-14)12-3-1-2-4-12/h5-6,11-12H,1-4,7-10,15H2. The Morgan fingerprint density at radius 3 is 2.61 bits per heavy atom. The highest BCUT2D eigenvalue weighted by Crippen LogP contribution is 2.33. The van der Waals surface area contributed by atoms with Crippen molar-refractivity contribution < 1.29 is 0 Å². The van der Waals surface area contributed by atoms with Crippen molar-refractivity contribution >= 4 is 5.82 Å². The minimum atomic E-state index is 0.626. The molecule has 1 aromatic rings. The molecule has 0 amide bonds. The molecular weight excluding hydrogens is 224 g/mol. The molecule has 2 N–H and O–H groups in total. The summed E-state index contributed by atoms with van der Waals surface area (Å²) in [6.45, 7) is 2.89. The lowest BCUT2D eigenvalue weighted by molar-refractivity contribution is 0.601. The van der Waals surface area contributed by atoms with Crippen molar-refractivity contribution in [3.8, 4) is 0 Å². The zero-order valence-electron chi connectivity index (χ0n) is 10.9. The summed E-state index contributed by atoms with van der Waals surface area (Å²) in [6, 6.07) is 4.31. The van der Waals surface area contributed by atoms with Crippen LogP contribution >= 0.6 is 0 Å². The zero-order chi connectivity index (χ0) is 12.4. The van der Waals surface area contributed by atoms with Crippen LogP contribution in [0.4, 0.5) is 5.82 Å². The van der Waals surface area contributed by atoms with Gasteiger partial charge in [0.1, 0.15) is 0 Å². The molecule has 1 unspecified atom stereocenters. The molecule has 2 fully saturated rings. The normalized spacial score (nSPS) is 24.9. The molecule has 0 aromatic carbocycles. The molecule has 0 spiro atoms. The van der Waals surface area contributed by atoms with Crippen molar-refractivity contribution in [1.29, 1.82) is 0 Å². The highest BCUT2D eigenvalue weighted by molar-refractivity contribution is 5.39. The van der Waals surface area contributed by atoms with Crippen LogP contribution in [-0.2, 0) is 0 Å². The van der Waals surface area contributed by atoms with Gasteiger partial charge in [-0.3, -0.25) is 0 Å². The van der Waals surface area contributed by atoms with Gasteiger partial charge in [0, 0.05) is 19.0 Å². The second-order valence-corrected chi connectivity index (χ2v) is 5.63. The maximum Gasteiger partial charge on any atom is 0.151 e. The van der Waals surface area contributed by atoms with Gasteiger partial charge in [0.25, 0.3) is 0 Å². The molecule has 1 atom stereocenters. The fourth-order valence-electron chi connectivity index (χ4n) is 3.18. The minimum absolute atomic E-state index is 0.626. The van der Waals surface area contributed by atoms with Crippen LogP contribution in [0.15, 0.2) is 12.1 Å². The number of anilines is 1. The first-order valence-electron chi connectivity index (χ1n) is 7.15. The molecule has 18 heavy (non-hydrogen) atoms. The summed E-state index contributed by atoms with van der Waals surface area (Å²) in [5.41, 5.74) is 6.90. The summed E-state index contributed by atoms with van der Waals surface area (Å²) in [7, 11) is 0. The van der Waals surface area contributed by atoms with Crippen LogP contribution in [-0.4, -0.2) is 29.8 Å². The quantitative estimate of drug-likeness (QED) is 0.885. The Morgan fingerprint density at radius 2 is 2.00 bits per heavy atom. The lowest BCUT2D eigenvalue weighted by atomic mass is 10.0. The highest BCUT2D eigenvalue weighted by atomic mass is 15.3. The molecule has 2 heterocycles. The summed E-state index contributed by atoms with van der Waals surface area (Å²) < 4.78 is 0. The minimum Gasteiger partial charge on any atom is -0.355 e. The van der Waals surface area contributed by atoms with Crippen LogP contribution in [0.25, 0.3) is 0 Å². The van der Waals surface area contributed by atoms with E-state index in [1.54, 1.807) is 0 Å². The average molecular weight is 246 g/mol. The number of hydrogen-bond donors (Lipinski definition) is 1. The molecule has 1 aliphatic heterocycles. The Balaban J connectivity index is 1.67.